The number of ether oxygens (including phenoxy) is 1. The largest absolute Gasteiger partial charge is 0.444 e. The van der Waals surface area contributed by atoms with Gasteiger partial charge in [-0.2, -0.15) is 0 Å². The van der Waals surface area contributed by atoms with E-state index >= 15 is 0 Å². The number of para-hydroxylation sites is 1. The third-order valence-electron chi connectivity index (χ3n) is 4.56. The summed E-state index contributed by atoms with van der Waals surface area (Å²) in [5.74, 6) is -0.599. The van der Waals surface area contributed by atoms with Crippen LogP contribution in [-0.2, 0) is 16.1 Å². The van der Waals surface area contributed by atoms with Crippen molar-refractivity contribution in [3.8, 4) is 0 Å². The molecule has 0 aromatic heterocycles. The molecule has 0 bridgehead atoms. The van der Waals surface area contributed by atoms with E-state index in [0.717, 1.165) is 16.3 Å². The van der Waals surface area contributed by atoms with Gasteiger partial charge in [-0.3, -0.25) is 9.59 Å². The number of carbonyl (C=O) groups is 3. The van der Waals surface area contributed by atoms with Crippen molar-refractivity contribution in [2.24, 2.45) is 0 Å². The van der Waals surface area contributed by atoms with Crippen molar-refractivity contribution in [2.45, 2.75) is 32.9 Å². The van der Waals surface area contributed by atoms with Crippen LogP contribution in [0.2, 0.25) is 0 Å². The van der Waals surface area contributed by atoms with Crippen molar-refractivity contribution in [3.05, 3.63) is 77.9 Å². The average molecular weight is 434 g/mol. The van der Waals surface area contributed by atoms with Crippen molar-refractivity contribution in [1.29, 1.82) is 0 Å². The zero-order valence-corrected chi connectivity index (χ0v) is 18.4. The van der Waals surface area contributed by atoms with Gasteiger partial charge >= 0.3 is 6.09 Å². The molecule has 166 valence electrons. The maximum Gasteiger partial charge on any atom is 0.408 e. The molecule has 3 rings (SSSR count). The summed E-state index contributed by atoms with van der Waals surface area (Å²) >= 11 is 0. The molecule has 0 saturated heterocycles. The molecule has 0 aliphatic carbocycles. The Balaban J connectivity index is 1.61. The first-order valence-electron chi connectivity index (χ1n) is 10.3. The first-order valence-corrected chi connectivity index (χ1v) is 10.3. The Morgan fingerprint density at radius 2 is 1.53 bits per heavy atom. The minimum absolute atomic E-state index is 0.200. The molecule has 3 aromatic rings. The van der Waals surface area contributed by atoms with Gasteiger partial charge in [-0.1, -0.05) is 54.6 Å². The Morgan fingerprint density at radius 3 is 2.31 bits per heavy atom. The molecule has 0 spiro atoms. The molecule has 0 atom stereocenters. The number of alkyl carbamates (subject to hydrolysis) is 1. The molecule has 0 radical (unpaired) electrons. The molecule has 0 unspecified atom stereocenters. The van der Waals surface area contributed by atoms with Gasteiger partial charge in [-0.15, -0.1) is 0 Å². The number of rotatable bonds is 6. The van der Waals surface area contributed by atoms with Gasteiger partial charge in [0, 0.05) is 17.8 Å². The van der Waals surface area contributed by atoms with E-state index in [1.165, 1.54) is 0 Å². The predicted molar refractivity (Wildman–Crippen MR) is 124 cm³/mol. The third-order valence-corrected chi connectivity index (χ3v) is 4.56. The van der Waals surface area contributed by atoms with Crippen molar-refractivity contribution < 1.29 is 19.1 Å². The van der Waals surface area contributed by atoms with Crippen LogP contribution in [0.25, 0.3) is 10.8 Å². The van der Waals surface area contributed by atoms with Gasteiger partial charge < -0.3 is 20.7 Å². The van der Waals surface area contributed by atoms with Gasteiger partial charge in [-0.25, -0.2) is 4.79 Å². The van der Waals surface area contributed by atoms with E-state index in [4.69, 9.17) is 4.74 Å². The molecule has 0 heterocycles. The Bertz CT molecular complexity index is 1130. The van der Waals surface area contributed by atoms with Crippen LogP contribution in [0, 0.1) is 0 Å². The van der Waals surface area contributed by atoms with Crippen LogP contribution in [0.3, 0.4) is 0 Å². The second-order valence-electron chi connectivity index (χ2n) is 8.27. The normalized spacial score (nSPS) is 11.0. The van der Waals surface area contributed by atoms with Crippen LogP contribution in [-0.4, -0.2) is 30.1 Å². The standard InChI is InChI=1S/C25H27N3O4/c1-25(2,3)32-24(31)27-16-22(29)28-21-14-7-5-10-18(21)15-26-23(30)20-13-8-11-17-9-4-6-12-19(17)20/h4-14H,15-16H2,1-3H3,(H,26,30)(H,27,31)(H,28,29). The number of anilines is 1. The molecule has 0 aliphatic heterocycles. The fourth-order valence-corrected chi connectivity index (χ4v) is 3.15. The van der Waals surface area contributed by atoms with Crippen LogP contribution in [0.15, 0.2) is 66.7 Å². The topological polar surface area (TPSA) is 96.5 Å². The lowest BCUT2D eigenvalue weighted by atomic mass is 10.0. The monoisotopic (exact) mass is 433 g/mol. The van der Waals surface area contributed by atoms with E-state index in [1.54, 1.807) is 39.0 Å². The summed E-state index contributed by atoms with van der Waals surface area (Å²) in [6.45, 7) is 5.24. The number of nitrogens with one attached hydrogen (secondary N) is 3. The van der Waals surface area contributed by atoms with E-state index in [2.05, 4.69) is 16.0 Å². The number of fused-ring (bicyclic) bond motifs is 1. The highest BCUT2D eigenvalue weighted by Crippen LogP contribution is 2.19. The summed E-state index contributed by atoms with van der Waals surface area (Å²) < 4.78 is 5.12. The summed E-state index contributed by atoms with van der Waals surface area (Å²) in [6, 6.07) is 20.5. The first kappa shape index (κ1) is 22.8. The van der Waals surface area contributed by atoms with Gasteiger partial charge in [0.25, 0.3) is 5.91 Å². The predicted octanol–water partition coefficient (Wildman–Crippen LogP) is 4.23. The summed E-state index contributed by atoms with van der Waals surface area (Å²) in [4.78, 5) is 36.8. The third kappa shape index (κ3) is 6.31. The minimum atomic E-state index is -0.664. The van der Waals surface area contributed by atoms with Crippen LogP contribution in [0.5, 0.6) is 0 Å². The highest BCUT2D eigenvalue weighted by Gasteiger charge is 2.17. The molecule has 3 aromatic carbocycles. The van der Waals surface area contributed by atoms with E-state index in [0.29, 0.717) is 11.3 Å². The van der Waals surface area contributed by atoms with Crippen molar-refractivity contribution in [2.75, 3.05) is 11.9 Å². The van der Waals surface area contributed by atoms with E-state index < -0.39 is 17.6 Å². The summed E-state index contributed by atoms with van der Waals surface area (Å²) in [7, 11) is 0. The number of benzene rings is 3. The molecule has 3 N–H and O–H groups in total. The lowest BCUT2D eigenvalue weighted by molar-refractivity contribution is -0.115. The Hall–Kier alpha value is -3.87. The second kappa shape index (κ2) is 9.96. The zero-order chi connectivity index (χ0) is 23.1. The van der Waals surface area contributed by atoms with Gasteiger partial charge in [-0.05, 0) is 49.2 Å². The lowest BCUT2D eigenvalue weighted by Gasteiger charge is -2.19. The molecular weight excluding hydrogens is 406 g/mol. The number of hydrogen-bond acceptors (Lipinski definition) is 4. The first-order chi connectivity index (χ1) is 15.2. The van der Waals surface area contributed by atoms with Gasteiger partial charge in [0.2, 0.25) is 5.91 Å². The van der Waals surface area contributed by atoms with Crippen molar-refractivity contribution in [3.63, 3.8) is 0 Å². The average Bonchev–Trinajstić information content (AvgIpc) is 2.75. The summed E-state index contributed by atoms with van der Waals surface area (Å²) in [6.07, 6.45) is -0.664. The van der Waals surface area contributed by atoms with E-state index in [1.807, 2.05) is 48.5 Å². The molecule has 0 fully saturated rings. The van der Waals surface area contributed by atoms with Gasteiger partial charge in [0.15, 0.2) is 0 Å². The van der Waals surface area contributed by atoms with Crippen molar-refractivity contribution >= 4 is 34.4 Å². The van der Waals surface area contributed by atoms with E-state index in [9.17, 15) is 14.4 Å². The molecule has 7 heteroatoms. The van der Waals surface area contributed by atoms with Crippen molar-refractivity contribution in [1.82, 2.24) is 10.6 Å². The molecule has 32 heavy (non-hydrogen) atoms. The van der Waals surface area contributed by atoms with E-state index in [-0.39, 0.29) is 19.0 Å². The fourth-order valence-electron chi connectivity index (χ4n) is 3.15. The summed E-state index contributed by atoms with van der Waals surface area (Å²) in [5, 5.41) is 9.97. The Labute approximate surface area is 187 Å². The quantitative estimate of drug-likeness (QED) is 0.542. The van der Waals surface area contributed by atoms with Crippen LogP contribution < -0.4 is 16.0 Å². The lowest BCUT2D eigenvalue weighted by Crippen LogP contribution is -2.37. The van der Waals surface area contributed by atoms with Crippen LogP contribution >= 0.6 is 0 Å². The summed E-state index contributed by atoms with van der Waals surface area (Å²) in [5.41, 5.74) is 1.25. The highest BCUT2D eigenvalue weighted by atomic mass is 16.6. The Morgan fingerprint density at radius 1 is 0.844 bits per heavy atom. The fraction of sp³-hybridized carbons (Fsp3) is 0.240. The van der Waals surface area contributed by atoms with Crippen LogP contribution in [0.4, 0.5) is 10.5 Å². The highest BCUT2D eigenvalue weighted by molar-refractivity contribution is 6.07. The van der Waals surface area contributed by atoms with Gasteiger partial charge in [0.1, 0.15) is 12.1 Å². The Kier molecular flexibility index (Phi) is 7.10. The minimum Gasteiger partial charge on any atom is -0.444 e. The second-order valence-corrected chi connectivity index (χ2v) is 8.27. The maximum atomic E-state index is 12.8. The number of carbonyl (C=O) groups excluding carboxylic acids is 3. The van der Waals surface area contributed by atoms with Gasteiger partial charge in [0.05, 0.1) is 0 Å². The molecular formula is C25H27N3O4. The van der Waals surface area contributed by atoms with Crippen LogP contribution in [0.1, 0.15) is 36.7 Å². The molecule has 7 nitrogen and oxygen atoms in total. The SMILES string of the molecule is CC(C)(C)OC(=O)NCC(=O)Nc1ccccc1CNC(=O)c1cccc2ccccc12. The smallest absolute Gasteiger partial charge is 0.408 e. The number of hydrogen-bond donors (Lipinski definition) is 3. The molecule has 0 aliphatic rings. The maximum absolute atomic E-state index is 12.8. The molecule has 3 amide bonds. The number of amides is 3. The zero-order valence-electron chi connectivity index (χ0n) is 18.4. The molecule has 0 saturated carbocycles.